The van der Waals surface area contributed by atoms with Crippen molar-refractivity contribution in [2.75, 3.05) is 20.8 Å². The van der Waals surface area contributed by atoms with E-state index in [9.17, 15) is 9.67 Å². The van der Waals surface area contributed by atoms with Gasteiger partial charge in [-0.15, -0.1) is 0 Å². The van der Waals surface area contributed by atoms with Gasteiger partial charge in [0.05, 0.1) is 12.7 Å². The van der Waals surface area contributed by atoms with Crippen LogP contribution in [0.2, 0.25) is 0 Å². The molecule has 0 aliphatic heterocycles. The predicted molar refractivity (Wildman–Crippen MR) is 142 cm³/mol. The van der Waals surface area contributed by atoms with E-state index in [1.807, 2.05) is 79.7 Å². The highest BCUT2D eigenvalue weighted by Crippen LogP contribution is 2.57. The Balaban J connectivity index is 1.73. The Hall–Kier alpha value is -2.63. The molecule has 1 aliphatic carbocycles. The van der Waals surface area contributed by atoms with E-state index in [0.29, 0.717) is 24.5 Å². The second-order valence-electron chi connectivity index (χ2n) is 9.36. The molecule has 0 amide bonds. The summed E-state index contributed by atoms with van der Waals surface area (Å²) in [5, 5.41) is 12.1. The highest BCUT2D eigenvalue weighted by atomic mass is 31.2. The largest absolute Gasteiger partial charge is 0.497 e. The number of ether oxygens (including phenoxy) is 1. The SMILES string of the molecule is COc1cccc(C2(O)CCCCC2CN(C(C)c2ccccc2)P(=O)(OC)Oc2ccccc2)c1. The summed E-state index contributed by atoms with van der Waals surface area (Å²) < 4.78 is 33.3. The molecule has 4 atom stereocenters. The molecule has 7 heteroatoms. The first-order valence-corrected chi connectivity index (χ1v) is 14.0. The Morgan fingerprint density at radius 1 is 0.972 bits per heavy atom. The molecule has 0 aromatic heterocycles. The summed E-state index contributed by atoms with van der Waals surface area (Å²) in [6, 6.07) is 26.3. The normalized spacial score (nSPS) is 22.5. The van der Waals surface area contributed by atoms with Crippen LogP contribution in [0.1, 0.15) is 49.8 Å². The van der Waals surface area contributed by atoms with Crippen molar-refractivity contribution in [3.63, 3.8) is 0 Å². The number of para-hydroxylation sites is 1. The van der Waals surface area contributed by atoms with Crippen molar-refractivity contribution in [1.82, 2.24) is 4.67 Å². The topological polar surface area (TPSA) is 68.2 Å². The highest BCUT2D eigenvalue weighted by Gasteiger charge is 2.46. The predicted octanol–water partition coefficient (Wildman–Crippen LogP) is 6.97. The summed E-state index contributed by atoms with van der Waals surface area (Å²) in [5.41, 5.74) is 0.717. The molecule has 36 heavy (non-hydrogen) atoms. The van der Waals surface area contributed by atoms with Gasteiger partial charge in [-0.1, -0.05) is 73.5 Å². The first-order chi connectivity index (χ1) is 17.4. The molecule has 192 valence electrons. The summed E-state index contributed by atoms with van der Waals surface area (Å²) >= 11 is 0. The minimum absolute atomic E-state index is 0.188. The average molecular weight is 510 g/mol. The fourth-order valence-electron chi connectivity index (χ4n) is 5.15. The van der Waals surface area contributed by atoms with Crippen LogP contribution in [0.15, 0.2) is 84.9 Å². The Bertz CT molecular complexity index is 1160. The van der Waals surface area contributed by atoms with Gasteiger partial charge in [-0.25, -0.2) is 4.57 Å². The zero-order chi connectivity index (χ0) is 25.6. The molecule has 1 N–H and O–H groups in total. The second kappa shape index (κ2) is 11.6. The fraction of sp³-hybridized carbons (Fsp3) is 0.379. The summed E-state index contributed by atoms with van der Waals surface area (Å²) in [5.74, 6) is 0.988. The van der Waals surface area contributed by atoms with E-state index in [4.69, 9.17) is 13.8 Å². The number of methoxy groups -OCH3 is 1. The van der Waals surface area contributed by atoms with Crippen molar-refractivity contribution in [2.24, 2.45) is 5.92 Å². The van der Waals surface area contributed by atoms with E-state index in [-0.39, 0.29) is 12.0 Å². The molecule has 4 rings (SSSR count). The zero-order valence-corrected chi connectivity index (χ0v) is 22.1. The van der Waals surface area contributed by atoms with Crippen molar-refractivity contribution in [1.29, 1.82) is 0 Å². The average Bonchev–Trinajstić information content (AvgIpc) is 2.93. The van der Waals surface area contributed by atoms with Crippen LogP contribution in [0.3, 0.4) is 0 Å². The van der Waals surface area contributed by atoms with E-state index in [0.717, 1.165) is 30.4 Å². The molecule has 0 radical (unpaired) electrons. The lowest BCUT2D eigenvalue weighted by Crippen LogP contribution is -2.44. The van der Waals surface area contributed by atoms with Gasteiger partial charge in [-0.2, -0.15) is 4.67 Å². The third-order valence-electron chi connectivity index (χ3n) is 7.25. The number of hydrogen-bond acceptors (Lipinski definition) is 5. The molecular weight excluding hydrogens is 473 g/mol. The molecule has 1 aliphatic rings. The molecule has 0 bridgehead atoms. The standard InChI is InChI=1S/C29H36NO5P/c1-23(24-13-6-4-7-14-24)30(36(32,34-3)35-27-17-8-5-9-18-27)22-26-15-10-11-20-29(26,31)25-16-12-19-28(21-25)33-2/h4-9,12-14,16-19,21,23,26,31H,10-11,15,20,22H2,1-3H3. The van der Waals surface area contributed by atoms with Gasteiger partial charge in [0.1, 0.15) is 11.5 Å². The van der Waals surface area contributed by atoms with Crippen LogP contribution >= 0.6 is 7.75 Å². The van der Waals surface area contributed by atoms with Gasteiger partial charge >= 0.3 is 7.75 Å². The molecular formula is C29H36NO5P. The maximum Gasteiger partial charge on any atom is 0.461 e. The van der Waals surface area contributed by atoms with Gasteiger partial charge < -0.3 is 14.4 Å². The Morgan fingerprint density at radius 2 is 1.64 bits per heavy atom. The first-order valence-electron chi connectivity index (χ1n) is 12.5. The van der Waals surface area contributed by atoms with Crippen LogP contribution in [0, 0.1) is 5.92 Å². The van der Waals surface area contributed by atoms with Crippen molar-refractivity contribution in [2.45, 2.75) is 44.2 Å². The zero-order valence-electron chi connectivity index (χ0n) is 21.2. The van der Waals surface area contributed by atoms with Crippen LogP contribution in [-0.2, 0) is 14.7 Å². The lowest BCUT2D eigenvalue weighted by molar-refractivity contribution is -0.0631. The molecule has 3 aromatic rings. The minimum atomic E-state index is -3.79. The van der Waals surface area contributed by atoms with Gasteiger partial charge in [-0.3, -0.25) is 4.52 Å². The third kappa shape index (κ3) is 5.68. The molecule has 1 fully saturated rings. The summed E-state index contributed by atoms with van der Waals surface area (Å²) in [6.45, 7) is 2.34. The van der Waals surface area contributed by atoms with E-state index in [1.165, 1.54) is 7.11 Å². The Morgan fingerprint density at radius 3 is 2.31 bits per heavy atom. The summed E-state index contributed by atoms with van der Waals surface area (Å²) in [7, 11) is -0.740. The molecule has 3 aromatic carbocycles. The number of aliphatic hydroxyl groups is 1. The first kappa shape index (κ1) is 26.4. The molecule has 4 unspecified atom stereocenters. The van der Waals surface area contributed by atoms with Crippen molar-refractivity contribution in [3.8, 4) is 11.5 Å². The van der Waals surface area contributed by atoms with Gasteiger partial charge in [-0.05, 0) is 55.2 Å². The quantitative estimate of drug-likeness (QED) is 0.298. The van der Waals surface area contributed by atoms with Gasteiger partial charge in [0.25, 0.3) is 0 Å². The molecule has 6 nitrogen and oxygen atoms in total. The van der Waals surface area contributed by atoms with Crippen LogP contribution < -0.4 is 9.26 Å². The number of rotatable bonds is 10. The van der Waals surface area contributed by atoms with Crippen molar-refractivity contribution >= 4 is 7.75 Å². The summed E-state index contributed by atoms with van der Waals surface area (Å²) in [4.78, 5) is 0. The van der Waals surface area contributed by atoms with Crippen LogP contribution in [0.25, 0.3) is 0 Å². The lowest BCUT2D eigenvalue weighted by atomic mass is 9.71. The van der Waals surface area contributed by atoms with Gasteiger partial charge in [0.2, 0.25) is 0 Å². The minimum Gasteiger partial charge on any atom is -0.497 e. The van der Waals surface area contributed by atoms with E-state index in [1.54, 1.807) is 23.9 Å². The number of nitrogens with zero attached hydrogens (tertiary/aromatic N) is 1. The maximum absolute atomic E-state index is 14.4. The summed E-state index contributed by atoms with van der Waals surface area (Å²) in [6.07, 6.45) is 3.32. The molecule has 0 saturated heterocycles. The second-order valence-corrected chi connectivity index (χ2v) is 11.4. The Kier molecular flexibility index (Phi) is 8.53. The maximum atomic E-state index is 14.4. The van der Waals surface area contributed by atoms with Gasteiger partial charge in [0.15, 0.2) is 0 Å². The van der Waals surface area contributed by atoms with Crippen LogP contribution in [-0.4, -0.2) is 30.5 Å². The Labute approximate surface area is 214 Å². The van der Waals surface area contributed by atoms with Gasteiger partial charge in [0, 0.05) is 25.6 Å². The van der Waals surface area contributed by atoms with Crippen molar-refractivity contribution in [3.05, 3.63) is 96.1 Å². The van der Waals surface area contributed by atoms with Crippen LogP contribution in [0.4, 0.5) is 0 Å². The number of benzene rings is 3. The fourth-order valence-corrected chi connectivity index (χ4v) is 6.88. The van der Waals surface area contributed by atoms with E-state index in [2.05, 4.69) is 0 Å². The van der Waals surface area contributed by atoms with E-state index < -0.39 is 13.3 Å². The van der Waals surface area contributed by atoms with E-state index >= 15 is 0 Å². The smallest absolute Gasteiger partial charge is 0.461 e. The highest BCUT2D eigenvalue weighted by molar-refractivity contribution is 7.51. The molecule has 1 saturated carbocycles. The molecule has 0 heterocycles. The molecule has 0 spiro atoms. The monoisotopic (exact) mass is 509 g/mol. The number of hydrogen-bond donors (Lipinski definition) is 1. The van der Waals surface area contributed by atoms with Crippen LogP contribution in [0.5, 0.6) is 11.5 Å². The van der Waals surface area contributed by atoms with Crippen molar-refractivity contribution < 1.29 is 23.5 Å². The lowest BCUT2D eigenvalue weighted by Gasteiger charge is -2.44. The third-order valence-corrected chi connectivity index (χ3v) is 9.29.